The van der Waals surface area contributed by atoms with Crippen molar-refractivity contribution < 1.29 is 38.9 Å². The molecule has 0 radical (unpaired) electrons. The number of aliphatic hydroxyl groups excluding tert-OH is 3. The number of para-hydroxylation sites is 1. The molecule has 0 saturated carbocycles. The fourth-order valence-electron chi connectivity index (χ4n) is 2.99. The number of benzene rings is 1. The number of hydrogen-bond acceptors (Lipinski definition) is 7. The maximum atomic E-state index is 12.6. The molecule has 0 bridgehead atoms. The van der Waals surface area contributed by atoms with Crippen molar-refractivity contribution in [3.8, 4) is 0 Å². The van der Waals surface area contributed by atoms with Gasteiger partial charge in [0.2, 0.25) is 0 Å². The number of hydrogen-bond donors (Lipinski definition) is 4. The number of amides is 1. The maximum absolute atomic E-state index is 12.6. The number of aliphatic hydroxyl groups is 3. The molecule has 28 heavy (non-hydrogen) atoms. The maximum Gasteiger partial charge on any atom is 0.339 e. The number of pyridine rings is 1. The van der Waals surface area contributed by atoms with Crippen LogP contribution in [0, 0.1) is 0 Å². The molecule has 9 heteroatoms. The second kappa shape index (κ2) is 8.44. The van der Waals surface area contributed by atoms with E-state index < -0.39 is 43.0 Å². The van der Waals surface area contributed by atoms with Crippen molar-refractivity contribution >= 4 is 17.6 Å². The first-order valence-corrected chi connectivity index (χ1v) is 8.58. The lowest BCUT2D eigenvalue weighted by molar-refractivity contribution is -0.765. The van der Waals surface area contributed by atoms with E-state index in [4.69, 9.17) is 9.47 Å². The smallest absolute Gasteiger partial charge is 0.339 e. The molecular weight excluding hydrogens is 368 g/mol. The summed E-state index contributed by atoms with van der Waals surface area (Å²) in [7, 11) is 1.25. The predicted molar refractivity (Wildman–Crippen MR) is 95.4 cm³/mol. The number of nitrogens with one attached hydrogen (secondary N) is 1. The van der Waals surface area contributed by atoms with Crippen LogP contribution < -0.4 is 9.88 Å². The van der Waals surface area contributed by atoms with Crippen LogP contribution >= 0.6 is 0 Å². The van der Waals surface area contributed by atoms with Gasteiger partial charge in [-0.1, -0.05) is 12.1 Å². The lowest BCUT2D eigenvalue weighted by Gasteiger charge is -2.11. The van der Waals surface area contributed by atoms with E-state index >= 15 is 0 Å². The second-order valence-corrected chi connectivity index (χ2v) is 6.26. The summed E-state index contributed by atoms with van der Waals surface area (Å²) in [6.45, 7) is -0.445. The van der Waals surface area contributed by atoms with Gasteiger partial charge < -0.3 is 30.1 Å². The Kier molecular flexibility index (Phi) is 6.00. The summed E-state index contributed by atoms with van der Waals surface area (Å²) < 4.78 is 11.6. The number of esters is 1. The summed E-state index contributed by atoms with van der Waals surface area (Å²) in [6.07, 6.45) is -1.37. The predicted octanol–water partition coefficient (Wildman–Crippen LogP) is -0.376. The van der Waals surface area contributed by atoms with Crippen LogP contribution in [0.5, 0.6) is 0 Å². The zero-order valence-corrected chi connectivity index (χ0v) is 15.1. The molecule has 3 rings (SSSR count). The van der Waals surface area contributed by atoms with E-state index in [2.05, 4.69) is 5.32 Å². The van der Waals surface area contributed by atoms with Gasteiger partial charge in [0, 0.05) is 6.07 Å². The Morgan fingerprint density at radius 2 is 1.93 bits per heavy atom. The molecule has 4 atom stereocenters. The van der Waals surface area contributed by atoms with E-state index in [1.54, 1.807) is 36.5 Å². The molecule has 1 amide bonds. The van der Waals surface area contributed by atoms with Crippen LogP contribution in [0.3, 0.4) is 0 Å². The van der Waals surface area contributed by atoms with Gasteiger partial charge in [0.1, 0.15) is 17.8 Å². The van der Waals surface area contributed by atoms with E-state index in [1.807, 2.05) is 0 Å². The van der Waals surface area contributed by atoms with Crippen molar-refractivity contribution in [3.05, 3.63) is 59.9 Å². The van der Waals surface area contributed by atoms with Crippen molar-refractivity contribution in [3.63, 3.8) is 0 Å². The van der Waals surface area contributed by atoms with Gasteiger partial charge >= 0.3 is 5.97 Å². The highest BCUT2D eigenvalue weighted by Crippen LogP contribution is 2.25. The molecule has 148 valence electrons. The lowest BCUT2D eigenvalue weighted by atomic mass is 10.1. The van der Waals surface area contributed by atoms with Crippen molar-refractivity contribution in [1.82, 2.24) is 0 Å². The normalized spacial score (nSPS) is 24.0. The molecule has 9 nitrogen and oxygen atoms in total. The van der Waals surface area contributed by atoms with Crippen LogP contribution in [-0.2, 0) is 9.47 Å². The Labute approximate surface area is 160 Å². The number of aromatic nitrogens is 1. The van der Waals surface area contributed by atoms with Gasteiger partial charge in [0.05, 0.1) is 25.0 Å². The van der Waals surface area contributed by atoms with Gasteiger partial charge in [-0.3, -0.25) is 4.79 Å². The van der Waals surface area contributed by atoms with E-state index in [-0.39, 0.29) is 11.1 Å². The Bertz CT molecular complexity index is 873. The molecule has 1 aromatic heterocycles. The van der Waals surface area contributed by atoms with Crippen LogP contribution in [0.4, 0.5) is 5.69 Å². The van der Waals surface area contributed by atoms with Crippen molar-refractivity contribution in [2.24, 2.45) is 0 Å². The topological polar surface area (TPSA) is 129 Å². The van der Waals surface area contributed by atoms with Crippen molar-refractivity contribution in [2.45, 2.75) is 24.5 Å². The van der Waals surface area contributed by atoms with Crippen molar-refractivity contribution in [1.29, 1.82) is 0 Å². The molecule has 0 aliphatic carbocycles. The Hall–Kier alpha value is -2.85. The zero-order valence-electron chi connectivity index (χ0n) is 15.1. The van der Waals surface area contributed by atoms with Crippen LogP contribution in [0.1, 0.15) is 26.9 Å². The quantitative estimate of drug-likeness (QED) is 0.405. The lowest BCUT2D eigenvalue weighted by Crippen LogP contribution is -2.46. The molecule has 4 N–H and O–H groups in total. The average Bonchev–Trinajstić information content (AvgIpc) is 3.02. The monoisotopic (exact) mass is 389 g/mol. The number of carbonyl (C=O) groups excluding carboxylic acids is 2. The second-order valence-electron chi connectivity index (χ2n) is 6.26. The van der Waals surface area contributed by atoms with Gasteiger partial charge in [-0.15, -0.1) is 0 Å². The van der Waals surface area contributed by atoms with Crippen LogP contribution in [0.15, 0.2) is 48.8 Å². The number of carbonyl (C=O) groups is 2. The average molecular weight is 389 g/mol. The fraction of sp³-hybridized carbons (Fsp3) is 0.316. The first kappa shape index (κ1) is 19.9. The summed E-state index contributed by atoms with van der Waals surface area (Å²) in [5.74, 6) is -1.07. The molecule has 1 aliphatic rings. The molecule has 1 saturated heterocycles. The molecule has 1 aromatic carbocycles. The van der Waals surface area contributed by atoms with Crippen LogP contribution in [0.25, 0.3) is 0 Å². The third kappa shape index (κ3) is 3.87. The molecule has 1 aliphatic heterocycles. The summed E-state index contributed by atoms with van der Waals surface area (Å²) in [5.41, 5.74) is 0.744. The molecular formula is C19H21N2O7+. The first-order valence-electron chi connectivity index (χ1n) is 8.58. The van der Waals surface area contributed by atoms with Gasteiger partial charge in [-0.05, 0) is 18.2 Å². The molecule has 2 heterocycles. The van der Waals surface area contributed by atoms with E-state index in [0.29, 0.717) is 5.69 Å². The highest BCUT2D eigenvalue weighted by molar-refractivity contribution is 6.07. The van der Waals surface area contributed by atoms with Gasteiger partial charge in [0.25, 0.3) is 12.1 Å². The van der Waals surface area contributed by atoms with Gasteiger partial charge in [-0.25, -0.2) is 4.79 Å². The molecule has 2 unspecified atom stereocenters. The molecule has 2 aromatic rings. The largest absolute Gasteiger partial charge is 0.465 e. The van der Waals surface area contributed by atoms with E-state index in [9.17, 15) is 24.9 Å². The van der Waals surface area contributed by atoms with Gasteiger partial charge in [-0.2, -0.15) is 4.57 Å². The number of anilines is 1. The number of methoxy groups -OCH3 is 1. The molecule has 0 spiro atoms. The number of rotatable bonds is 5. The summed E-state index contributed by atoms with van der Waals surface area (Å²) >= 11 is 0. The fourth-order valence-corrected chi connectivity index (χ4v) is 2.99. The molecule has 1 fully saturated rings. The Balaban J connectivity index is 1.82. The van der Waals surface area contributed by atoms with Crippen molar-refractivity contribution in [2.75, 3.05) is 19.0 Å². The summed E-state index contributed by atoms with van der Waals surface area (Å²) in [5, 5.41) is 31.9. The Morgan fingerprint density at radius 1 is 1.18 bits per heavy atom. The Morgan fingerprint density at radius 3 is 2.61 bits per heavy atom. The SMILES string of the molecule is COC(=O)c1ccccc1NC(=O)c1ccc[n+](C2OC(CO)[C@@H](O)[C@H]2O)c1. The third-order valence-corrected chi connectivity index (χ3v) is 4.48. The first-order chi connectivity index (χ1) is 13.5. The van der Waals surface area contributed by atoms with Gasteiger partial charge in [0.15, 0.2) is 18.5 Å². The highest BCUT2D eigenvalue weighted by atomic mass is 16.6. The van der Waals surface area contributed by atoms with Crippen LogP contribution in [0.2, 0.25) is 0 Å². The summed E-state index contributed by atoms with van der Waals surface area (Å²) in [4.78, 5) is 24.5. The zero-order chi connectivity index (χ0) is 20.3. The highest BCUT2D eigenvalue weighted by Gasteiger charge is 2.48. The van der Waals surface area contributed by atoms with E-state index in [0.717, 1.165) is 0 Å². The van der Waals surface area contributed by atoms with Crippen LogP contribution in [-0.4, -0.2) is 59.2 Å². The minimum Gasteiger partial charge on any atom is -0.465 e. The number of nitrogens with zero attached hydrogens (tertiary/aromatic N) is 1. The minimum atomic E-state index is -1.26. The summed E-state index contributed by atoms with van der Waals surface area (Å²) in [6, 6.07) is 9.56. The minimum absolute atomic E-state index is 0.214. The van der Waals surface area contributed by atoms with E-state index in [1.165, 1.54) is 23.9 Å². The number of ether oxygens (including phenoxy) is 2. The third-order valence-electron chi connectivity index (χ3n) is 4.48. The standard InChI is InChI=1S/C19H20N2O7/c1-27-19(26)12-6-2-3-7-13(12)20-17(25)11-5-4-8-21(9-11)18-16(24)15(23)14(10-22)28-18/h2-9,14-16,18,22-24H,10H2,1H3/p+1/t14?,15-,16-,18?/m1/s1.